The Hall–Kier alpha value is -3.86. The molecule has 0 aliphatic rings. The number of hydrogen-bond donors (Lipinski definition) is 1. The van der Waals surface area contributed by atoms with Gasteiger partial charge in [0.1, 0.15) is 12.3 Å². The number of methoxy groups -OCH3 is 1. The van der Waals surface area contributed by atoms with Crippen molar-refractivity contribution in [2.24, 2.45) is 0 Å². The van der Waals surface area contributed by atoms with E-state index in [1.165, 1.54) is 0 Å². The molecule has 1 aromatic heterocycles. The van der Waals surface area contributed by atoms with Gasteiger partial charge >= 0.3 is 0 Å². The number of ketones is 1. The minimum absolute atomic E-state index is 0.0592. The van der Waals surface area contributed by atoms with Crippen molar-refractivity contribution in [3.63, 3.8) is 0 Å². The van der Waals surface area contributed by atoms with Gasteiger partial charge in [-0.1, -0.05) is 48.5 Å². The number of aromatic nitrogens is 1. The largest absolute Gasteiger partial charge is 0.497 e. The summed E-state index contributed by atoms with van der Waals surface area (Å²) in [5, 5.41) is 3.71. The van der Waals surface area contributed by atoms with Gasteiger partial charge in [0, 0.05) is 33.9 Å². The summed E-state index contributed by atoms with van der Waals surface area (Å²) in [5.74, 6) is 0.495. The molecule has 29 heavy (non-hydrogen) atoms. The van der Waals surface area contributed by atoms with Crippen LogP contribution in [0.25, 0.3) is 10.9 Å². The van der Waals surface area contributed by atoms with Crippen molar-refractivity contribution in [1.82, 2.24) is 4.57 Å². The molecular formula is C24H20N2O3. The van der Waals surface area contributed by atoms with Crippen LogP contribution in [0, 0.1) is 0 Å². The number of para-hydroxylation sites is 1. The van der Waals surface area contributed by atoms with Crippen LogP contribution in [0.4, 0.5) is 5.69 Å². The van der Waals surface area contributed by atoms with Gasteiger partial charge in [-0.15, -0.1) is 0 Å². The second-order valence-electron chi connectivity index (χ2n) is 6.66. The van der Waals surface area contributed by atoms with E-state index in [-0.39, 0.29) is 18.2 Å². The first-order valence-corrected chi connectivity index (χ1v) is 9.27. The third-order valence-corrected chi connectivity index (χ3v) is 4.76. The van der Waals surface area contributed by atoms with E-state index in [9.17, 15) is 9.59 Å². The van der Waals surface area contributed by atoms with Gasteiger partial charge in [0.05, 0.1) is 7.11 Å². The fourth-order valence-corrected chi connectivity index (χ4v) is 3.33. The highest BCUT2D eigenvalue weighted by Gasteiger charge is 2.17. The Kier molecular flexibility index (Phi) is 5.12. The average Bonchev–Trinajstić information content (AvgIpc) is 3.12. The number of hydrogen-bond acceptors (Lipinski definition) is 3. The Morgan fingerprint density at radius 1 is 0.897 bits per heavy atom. The van der Waals surface area contributed by atoms with Crippen molar-refractivity contribution >= 4 is 28.3 Å². The third kappa shape index (κ3) is 3.89. The summed E-state index contributed by atoms with van der Waals surface area (Å²) in [6.45, 7) is 0.106. The molecule has 4 rings (SSSR count). The number of anilines is 1. The predicted molar refractivity (Wildman–Crippen MR) is 113 cm³/mol. The molecule has 0 spiro atoms. The Labute approximate surface area is 168 Å². The van der Waals surface area contributed by atoms with Crippen molar-refractivity contribution < 1.29 is 14.3 Å². The molecule has 0 aliphatic carbocycles. The number of amides is 1. The van der Waals surface area contributed by atoms with Gasteiger partial charge in [-0.2, -0.15) is 0 Å². The van der Waals surface area contributed by atoms with Crippen LogP contribution < -0.4 is 10.1 Å². The van der Waals surface area contributed by atoms with E-state index < -0.39 is 0 Å². The van der Waals surface area contributed by atoms with Crippen molar-refractivity contribution in [1.29, 1.82) is 0 Å². The Morgan fingerprint density at radius 2 is 1.59 bits per heavy atom. The maximum atomic E-state index is 13.0. The fraction of sp³-hybridized carbons (Fsp3) is 0.0833. The van der Waals surface area contributed by atoms with E-state index in [2.05, 4.69) is 5.32 Å². The van der Waals surface area contributed by atoms with Crippen LogP contribution in [0.15, 0.2) is 85.1 Å². The molecule has 0 radical (unpaired) electrons. The van der Waals surface area contributed by atoms with E-state index in [0.717, 1.165) is 16.7 Å². The molecule has 0 saturated heterocycles. The maximum Gasteiger partial charge on any atom is 0.244 e. The third-order valence-electron chi connectivity index (χ3n) is 4.76. The van der Waals surface area contributed by atoms with Gasteiger partial charge in [-0.3, -0.25) is 9.59 Å². The van der Waals surface area contributed by atoms with E-state index >= 15 is 0 Å². The zero-order valence-electron chi connectivity index (χ0n) is 16.0. The summed E-state index contributed by atoms with van der Waals surface area (Å²) in [6, 6.07) is 23.9. The van der Waals surface area contributed by atoms with E-state index in [1.807, 2.05) is 47.0 Å². The summed E-state index contributed by atoms with van der Waals surface area (Å²) in [7, 11) is 1.60. The van der Waals surface area contributed by atoms with Gasteiger partial charge in [-0.05, 0) is 30.3 Å². The van der Waals surface area contributed by atoms with Crippen LogP contribution in [-0.4, -0.2) is 23.4 Å². The van der Waals surface area contributed by atoms with Crippen LogP contribution in [0.3, 0.4) is 0 Å². The van der Waals surface area contributed by atoms with Crippen LogP contribution >= 0.6 is 0 Å². The number of carbonyl (C=O) groups is 2. The number of ether oxygens (including phenoxy) is 1. The number of nitrogens with zero attached hydrogens (tertiary/aromatic N) is 1. The summed E-state index contributed by atoms with van der Waals surface area (Å²) in [4.78, 5) is 25.6. The molecule has 1 heterocycles. The summed E-state index contributed by atoms with van der Waals surface area (Å²) in [6.07, 6.45) is 1.76. The van der Waals surface area contributed by atoms with Gasteiger partial charge in [-0.25, -0.2) is 0 Å². The maximum absolute atomic E-state index is 13.0. The Morgan fingerprint density at radius 3 is 2.31 bits per heavy atom. The normalized spacial score (nSPS) is 10.7. The lowest BCUT2D eigenvalue weighted by molar-refractivity contribution is -0.116. The predicted octanol–water partition coefficient (Wildman–Crippen LogP) is 4.52. The molecule has 3 aromatic carbocycles. The Bertz CT molecular complexity index is 1160. The summed E-state index contributed by atoms with van der Waals surface area (Å²) >= 11 is 0. The van der Waals surface area contributed by atoms with Crippen LogP contribution in [0.2, 0.25) is 0 Å². The van der Waals surface area contributed by atoms with Crippen LogP contribution in [0.1, 0.15) is 15.9 Å². The second-order valence-corrected chi connectivity index (χ2v) is 6.66. The molecule has 0 unspecified atom stereocenters. The quantitative estimate of drug-likeness (QED) is 0.497. The molecule has 0 atom stereocenters. The standard InChI is InChI=1S/C24H20N2O3/c1-29-19-13-11-18(12-14-19)25-23(27)16-26-15-21(20-9-5-6-10-22(20)26)24(28)17-7-3-2-4-8-17/h2-15H,16H2,1H3,(H,25,27). The van der Waals surface area contributed by atoms with Gasteiger partial charge in [0.15, 0.2) is 5.78 Å². The molecule has 5 heteroatoms. The minimum Gasteiger partial charge on any atom is -0.497 e. The zero-order valence-corrected chi connectivity index (χ0v) is 16.0. The summed E-state index contributed by atoms with van der Waals surface area (Å²) in [5.41, 5.74) is 2.74. The molecule has 0 aliphatic heterocycles. The van der Waals surface area contributed by atoms with Crippen LogP contribution in [-0.2, 0) is 11.3 Å². The zero-order chi connectivity index (χ0) is 20.2. The lowest BCUT2D eigenvalue weighted by Gasteiger charge is -2.08. The topological polar surface area (TPSA) is 60.3 Å². The SMILES string of the molecule is COc1ccc(NC(=O)Cn2cc(C(=O)c3ccccc3)c3ccccc32)cc1. The molecule has 4 aromatic rings. The number of carbonyl (C=O) groups excluding carboxylic acids is 2. The van der Waals surface area contributed by atoms with E-state index in [4.69, 9.17) is 4.74 Å². The van der Waals surface area contributed by atoms with Crippen LogP contribution in [0.5, 0.6) is 5.75 Å². The molecule has 0 saturated carbocycles. The van der Waals surface area contributed by atoms with Gasteiger partial charge in [0.2, 0.25) is 5.91 Å². The van der Waals surface area contributed by atoms with Gasteiger partial charge < -0.3 is 14.6 Å². The molecule has 0 bridgehead atoms. The lowest BCUT2D eigenvalue weighted by atomic mass is 10.0. The highest BCUT2D eigenvalue weighted by molar-refractivity contribution is 6.16. The highest BCUT2D eigenvalue weighted by atomic mass is 16.5. The first-order valence-electron chi connectivity index (χ1n) is 9.27. The molecule has 1 amide bonds. The molecular weight excluding hydrogens is 364 g/mol. The first-order chi connectivity index (χ1) is 14.2. The van der Waals surface area contributed by atoms with Crippen molar-refractivity contribution in [2.75, 3.05) is 12.4 Å². The first kappa shape index (κ1) is 18.5. The monoisotopic (exact) mass is 384 g/mol. The number of rotatable bonds is 6. The van der Waals surface area contributed by atoms with Crippen molar-refractivity contribution in [3.8, 4) is 5.75 Å². The van der Waals surface area contributed by atoms with E-state index in [0.29, 0.717) is 16.8 Å². The minimum atomic E-state index is -0.172. The summed E-state index contributed by atoms with van der Waals surface area (Å²) < 4.78 is 6.94. The smallest absolute Gasteiger partial charge is 0.244 e. The molecule has 0 fully saturated rings. The average molecular weight is 384 g/mol. The fourth-order valence-electron chi connectivity index (χ4n) is 3.33. The Balaban J connectivity index is 1.60. The molecule has 5 nitrogen and oxygen atoms in total. The van der Waals surface area contributed by atoms with Crippen molar-refractivity contribution in [3.05, 3.63) is 96.2 Å². The lowest BCUT2D eigenvalue weighted by Crippen LogP contribution is -2.18. The molecule has 1 N–H and O–H groups in total. The number of nitrogens with one attached hydrogen (secondary N) is 1. The number of fused-ring (bicyclic) bond motifs is 1. The van der Waals surface area contributed by atoms with Crippen molar-refractivity contribution in [2.45, 2.75) is 6.54 Å². The van der Waals surface area contributed by atoms with E-state index in [1.54, 1.807) is 49.7 Å². The number of benzene rings is 3. The van der Waals surface area contributed by atoms with Gasteiger partial charge in [0.25, 0.3) is 0 Å². The molecule has 144 valence electrons. The highest BCUT2D eigenvalue weighted by Crippen LogP contribution is 2.24. The second kappa shape index (κ2) is 8.02.